The van der Waals surface area contributed by atoms with Gasteiger partial charge in [-0.1, -0.05) is 90.0 Å². The van der Waals surface area contributed by atoms with E-state index in [1.165, 1.54) is 11.9 Å². The monoisotopic (exact) mass is 446 g/mol. The molecule has 0 saturated carbocycles. The predicted octanol–water partition coefficient (Wildman–Crippen LogP) is 7.63. The fraction of sp³-hybridized carbons (Fsp3) is 0.931. The highest BCUT2D eigenvalue weighted by Crippen LogP contribution is 2.54. The van der Waals surface area contributed by atoms with Gasteiger partial charge in [-0.2, -0.15) is 0 Å². The fourth-order valence-corrected chi connectivity index (χ4v) is 5.46. The summed E-state index contributed by atoms with van der Waals surface area (Å²) in [4.78, 5) is 0. The van der Waals surface area contributed by atoms with Gasteiger partial charge in [0.05, 0.1) is 11.2 Å². The van der Waals surface area contributed by atoms with Gasteiger partial charge in [-0.05, 0) is 73.5 Å². The molecule has 0 N–H and O–H groups in total. The third-order valence-corrected chi connectivity index (χ3v) is 10.0. The summed E-state index contributed by atoms with van der Waals surface area (Å²) in [5, 5.41) is 0. The second-order valence-electron chi connectivity index (χ2n) is 15.7. The van der Waals surface area contributed by atoms with E-state index in [1.807, 2.05) is 0 Å². The first-order valence-electron chi connectivity index (χ1n) is 13.0. The van der Waals surface area contributed by atoms with E-state index >= 15 is 0 Å². The van der Waals surface area contributed by atoms with Gasteiger partial charge in [0.25, 0.3) is 0 Å². The van der Waals surface area contributed by atoms with Gasteiger partial charge in [-0.3, -0.25) is 0 Å². The Hall–Kier alpha value is -0.170. The maximum atomic E-state index is 7.06. The summed E-state index contributed by atoms with van der Waals surface area (Å²) >= 11 is 0. The van der Waals surface area contributed by atoms with Crippen molar-refractivity contribution in [3.63, 3.8) is 0 Å². The molecule has 3 heteroatoms. The minimum absolute atomic E-state index is 0.0277. The second-order valence-corrected chi connectivity index (χ2v) is 15.7. The fourth-order valence-electron chi connectivity index (χ4n) is 5.46. The van der Waals surface area contributed by atoms with E-state index in [0.29, 0.717) is 11.3 Å². The van der Waals surface area contributed by atoms with E-state index in [2.05, 4.69) is 133 Å². The molecule has 0 amide bonds. The van der Waals surface area contributed by atoms with Crippen LogP contribution in [0.25, 0.3) is 0 Å². The van der Waals surface area contributed by atoms with Crippen molar-refractivity contribution in [1.82, 2.24) is 0 Å². The first kappa shape index (κ1) is 31.8. The summed E-state index contributed by atoms with van der Waals surface area (Å²) in [6.45, 7) is 40.1. The van der Waals surface area contributed by atoms with Crippen molar-refractivity contribution in [2.75, 3.05) is 0 Å². The molecule has 0 aromatic carbocycles. The Morgan fingerprint density at radius 2 is 1.09 bits per heavy atom. The molecule has 0 aromatic rings. The van der Waals surface area contributed by atoms with E-state index in [9.17, 15) is 0 Å². The van der Waals surface area contributed by atoms with Crippen LogP contribution in [0, 0.1) is 33.0 Å². The summed E-state index contributed by atoms with van der Waals surface area (Å²) in [5.41, 5.74) is 3.24. The van der Waals surface area contributed by atoms with Crippen molar-refractivity contribution in [2.45, 2.75) is 142 Å². The quantitative estimate of drug-likeness (QED) is 0.314. The first-order valence-corrected chi connectivity index (χ1v) is 13.0. The topological polar surface area (TPSA) is 9.23 Å². The average Bonchev–Trinajstić information content (AvgIpc) is 2.49. The van der Waals surface area contributed by atoms with Crippen molar-refractivity contribution in [3.05, 3.63) is 10.9 Å². The Balaban J connectivity index is 6.04. The molecule has 0 bridgehead atoms. The van der Waals surface area contributed by atoms with Gasteiger partial charge in [0, 0.05) is 0 Å². The summed E-state index contributed by atoms with van der Waals surface area (Å²) in [6, 6.07) is 0. The maximum absolute atomic E-state index is 7.06. The molecule has 0 rings (SSSR count). The second kappa shape index (κ2) is 9.47. The lowest BCUT2D eigenvalue weighted by atomic mass is 9.54. The lowest BCUT2D eigenvalue weighted by Gasteiger charge is -2.57. The molecule has 0 unspecified atom stereocenters. The molecule has 0 fully saturated rings. The van der Waals surface area contributed by atoms with Crippen molar-refractivity contribution in [2.24, 2.45) is 33.0 Å². The zero-order valence-electron chi connectivity index (χ0n) is 25.9. The van der Waals surface area contributed by atoms with Crippen molar-refractivity contribution in [1.29, 1.82) is 0 Å². The van der Waals surface area contributed by atoms with E-state index < -0.39 is 0 Å². The summed E-state index contributed by atoms with van der Waals surface area (Å²) in [7, 11) is 4.72. The summed E-state index contributed by atoms with van der Waals surface area (Å²) in [6.07, 6.45) is 2.28. The lowest BCUT2D eigenvalue weighted by Crippen LogP contribution is -2.57. The largest absolute Gasteiger partial charge is 0.369 e. The summed E-state index contributed by atoms with van der Waals surface area (Å²) in [5.74, 6) is 0.544. The number of allylic oxidation sites excluding steroid dienone is 2. The van der Waals surface area contributed by atoms with Crippen LogP contribution in [0.3, 0.4) is 0 Å². The number of ether oxygens (including phenoxy) is 1. The van der Waals surface area contributed by atoms with Crippen LogP contribution < -0.4 is 0 Å². The molecular weight excluding hydrogens is 386 g/mol. The number of hydrogen-bond acceptors (Lipinski definition) is 1. The van der Waals surface area contributed by atoms with Gasteiger partial charge >= 0.3 is 0 Å². The van der Waals surface area contributed by atoms with Crippen LogP contribution in [-0.4, -0.2) is 26.9 Å². The molecule has 0 aliphatic rings. The summed E-state index contributed by atoms with van der Waals surface area (Å²) < 4.78 is 7.06. The van der Waals surface area contributed by atoms with Crippen LogP contribution in [0.2, 0.25) is 0 Å². The van der Waals surface area contributed by atoms with Crippen LogP contribution in [0.4, 0.5) is 0 Å². The molecule has 0 atom stereocenters. The number of hydrogen-bond donors (Lipinski definition) is 0. The molecule has 0 aromatic heterocycles. The van der Waals surface area contributed by atoms with Crippen LogP contribution in [0.1, 0.15) is 131 Å². The highest BCUT2D eigenvalue weighted by molar-refractivity contribution is 6.32. The van der Waals surface area contributed by atoms with Crippen LogP contribution >= 0.6 is 0 Å². The third-order valence-electron chi connectivity index (χ3n) is 10.0. The zero-order valence-corrected chi connectivity index (χ0v) is 25.9. The molecule has 0 aliphatic heterocycles. The molecule has 1 nitrogen and oxygen atoms in total. The van der Waals surface area contributed by atoms with E-state index in [4.69, 9.17) is 4.74 Å². The molecule has 0 heterocycles. The van der Waals surface area contributed by atoms with Crippen LogP contribution in [0.5, 0.6) is 0 Å². The van der Waals surface area contributed by atoms with Crippen molar-refractivity contribution >= 4 is 15.7 Å². The van der Waals surface area contributed by atoms with Gasteiger partial charge in [0.2, 0.25) is 0 Å². The van der Waals surface area contributed by atoms with Crippen LogP contribution in [-0.2, 0) is 4.74 Å². The molecule has 0 saturated heterocycles. The van der Waals surface area contributed by atoms with Gasteiger partial charge in [-0.25, -0.2) is 0 Å². The first-order chi connectivity index (χ1) is 13.6. The highest BCUT2D eigenvalue weighted by Gasteiger charge is 2.53. The van der Waals surface area contributed by atoms with Gasteiger partial charge in [0.1, 0.15) is 15.7 Å². The van der Waals surface area contributed by atoms with Crippen LogP contribution in [0.15, 0.2) is 10.9 Å². The molecular formula is C29H60B2O. The van der Waals surface area contributed by atoms with Crippen molar-refractivity contribution < 1.29 is 4.74 Å². The molecule has 188 valence electrons. The Kier molecular flexibility index (Phi) is 9.42. The smallest absolute Gasteiger partial charge is 0.133 e. The molecule has 0 spiro atoms. The maximum Gasteiger partial charge on any atom is 0.133 e. The van der Waals surface area contributed by atoms with Gasteiger partial charge in [0.15, 0.2) is 0 Å². The Morgan fingerprint density at radius 3 is 1.44 bits per heavy atom. The predicted molar refractivity (Wildman–Crippen MR) is 152 cm³/mol. The Bertz CT molecular complexity index is 668. The van der Waals surface area contributed by atoms with Gasteiger partial charge in [-0.15, -0.1) is 10.9 Å². The van der Waals surface area contributed by atoms with Gasteiger partial charge < -0.3 is 4.74 Å². The molecule has 0 aliphatic carbocycles. The van der Waals surface area contributed by atoms with Crippen molar-refractivity contribution in [3.8, 4) is 0 Å². The van der Waals surface area contributed by atoms with E-state index in [-0.39, 0.29) is 32.9 Å². The normalized spacial score (nSPS) is 16.4. The van der Waals surface area contributed by atoms with E-state index in [1.54, 1.807) is 5.47 Å². The minimum atomic E-state index is -0.277. The lowest BCUT2D eigenvalue weighted by molar-refractivity contribution is -0.240. The van der Waals surface area contributed by atoms with E-state index in [0.717, 1.165) is 6.42 Å². The number of rotatable bonds is 10. The SMILES string of the molecule is B/C(CC(C)(C)C(C)(C)C(C)(C)OC(C)(C)C(C)(C)C(C)C)=C(/B)C(C)(C)CC(C)(C)C. The standard InChI is InChI=1S/C29H60B2O/c1-20(2)26(10,11)28(14,15)32-29(16,17)27(12,13)25(8,9)18-21(30)22(31)24(6,7)19-23(3,4)5/h20H,18-19,30-31H2,1-17H3/b22-21+. The molecule has 32 heavy (non-hydrogen) atoms. The molecule has 0 radical (unpaired) electrons. The Morgan fingerprint density at radius 1 is 0.688 bits per heavy atom. The average molecular weight is 446 g/mol. The third kappa shape index (κ3) is 6.93. The highest BCUT2D eigenvalue weighted by atomic mass is 16.5. The Labute approximate surface area is 206 Å². The minimum Gasteiger partial charge on any atom is -0.369 e. The zero-order chi connectivity index (χ0) is 26.4.